The van der Waals surface area contributed by atoms with E-state index in [2.05, 4.69) is 31.9 Å². The number of carbonyl (C=O) groups excluding carboxylic acids is 2. The zero-order valence-electron chi connectivity index (χ0n) is 12.5. The highest BCUT2D eigenvalue weighted by Crippen LogP contribution is 2.17. The molecular weight excluding hydrogens is 389 g/mol. The second kappa shape index (κ2) is 9.85. The molecule has 128 valence electrons. The van der Waals surface area contributed by atoms with E-state index in [1.807, 2.05) is 0 Å². The molecule has 1 atom stereocenters. The molecule has 3 N–H and O–H groups in total. The molecule has 0 radical (unpaired) electrons. The summed E-state index contributed by atoms with van der Waals surface area (Å²) in [5.41, 5.74) is 0.218. The molecule has 1 fully saturated rings. The summed E-state index contributed by atoms with van der Waals surface area (Å²) in [4.78, 5) is 23.6. The SMILES string of the molecule is Cl.O=C(CCNC(=O)c1cc(F)ccc1Br)NCC1CCCN1. The van der Waals surface area contributed by atoms with Gasteiger partial charge in [0.2, 0.25) is 5.91 Å². The van der Waals surface area contributed by atoms with E-state index in [0.29, 0.717) is 17.1 Å². The van der Waals surface area contributed by atoms with E-state index in [0.717, 1.165) is 25.5 Å². The van der Waals surface area contributed by atoms with Crippen LogP contribution in [0.2, 0.25) is 0 Å². The number of hydrogen-bond acceptors (Lipinski definition) is 3. The van der Waals surface area contributed by atoms with Gasteiger partial charge < -0.3 is 16.0 Å². The van der Waals surface area contributed by atoms with Crippen LogP contribution in [0, 0.1) is 5.82 Å². The van der Waals surface area contributed by atoms with Gasteiger partial charge in [-0.1, -0.05) is 0 Å². The lowest BCUT2D eigenvalue weighted by atomic mass is 10.2. The molecular formula is C15H20BrClFN3O2. The number of nitrogens with one attached hydrogen (secondary N) is 3. The lowest BCUT2D eigenvalue weighted by molar-refractivity contribution is -0.121. The predicted octanol–water partition coefficient (Wildman–Crippen LogP) is 2.00. The Kier molecular flexibility index (Phi) is 8.51. The van der Waals surface area contributed by atoms with Crippen LogP contribution in [-0.2, 0) is 4.79 Å². The Morgan fingerprint density at radius 1 is 1.35 bits per heavy atom. The summed E-state index contributed by atoms with van der Waals surface area (Å²) < 4.78 is 13.7. The predicted molar refractivity (Wildman–Crippen MR) is 92.3 cm³/mol. The topological polar surface area (TPSA) is 70.2 Å². The van der Waals surface area contributed by atoms with Crippen molar-refractivity contribution in [2.75, 3.05) is 19.6 Å². The summed E-state index contributed by atoms with van der Waals surface area (Å²) in [6.45, 7) is 1.83. The minimum atomic E-state index is -0.477. The maximum atomic E-state index is 13.1. The molecule has 0 aliphatic carbocycles. The molecule has 1 saturated heterocycles. The van der Waals surface area contributed by atoms with Gasteiger partial charge in [0.25, 0.3) is 5.91 Å². The Balaban J connectivity index is 0.00000264. The summed E-state index contributed by atoms with van der Waals surface area (Å²) >= 11 is 3.20. The molecule has 1 aromatic rings. The number of halogens is 3. The molecule has 2 rings (SSSR count). The maximum absolute atomic E-state index is 13.1. The van der Waals surface area contributed by atoms with Crippen LogP contribution < -0.4 is 16.0 Å². The van der Waals surface area contributed by atoms with Crippen molar-refractivity contribution < 1.29 is 14.0 Å². The normalized spacial score (nSPS) is 16.5. The molecule has 1 aliphatic rings. The van der Waals surface area contributed by atoms with Gasteiger partial charge in [0.05, 0.1) is 5.56 Å². The van der Waals surface area contributed by atoms with Gasteiger partial charge in [-0.3, -0.25) is 9.59 Å². The van der Waals surface area contributed by atoms with Gasteiger partial charge >= 0.3 is 0 Å². The second-order valence-corrected chi connectivity index (χ2v) is 6.08. The highest BCUT2D eigenvalue weighted by molar-refractivity contribution is 9.10. The Bertz CT molecular complexity index is 554. The van der Waals surface area contributed by atoms with E-state index in [1.165, 1.54) is 12.1 Å². The van der Waals surface area contributed by atoms with E-state index in [-0.39, 0.29) is 36.8 Å². The van der Waals surface area contributed by atoms with Crippen molar-refractivity contribution in [3.05, 3.63) is 34.1 Å². The van der Waals surface area contributed by atoms with Gasteiger partial charge in [-0.15, -0.1) is 12.4 Å². The Hall–Kier alpha value is -1.18. The molecule has 1 aromatic carbocycles. The van der Waals surface area contributed by atoms with Crippen molar-refractivity contribution in [1.29, 1.82) is 0 Å². The first-order valence-corrected chi connectivity index (χ1v) is 8.09. The maximum Gasteiger partial charge on any atom is 0.252 e. The van der Waals surface area contributed by atoms with Crippen LogP contribution >= 0.6 is 28.3 Å². The van der Waals surface area contributed by atoms with E-state index < -0.39 is 11.7 Å². The van der Waals surface area contributed by atoms with Crippen LogP contribution in [0.5, 0.6) is 0 Å². The quantitative estimate of drug-likeness (QED) is 0.674. The zero-order valence-corrected chi connectivity index (χ0v) is 14.9. The fourth-order valence-electron chi connectivity index (χ4n) is 2.31. The highest BCUT2D eigenvalue weighted by atomic mass is 79.9. The van der Waals surface area contributed by atoms with Crippen LogP contribution in [0.25, 0.3) is 0 Å². The first kappa shape index (κ1) is 19.9. The lowest BCUT2D eigenvalue weighted by Crippen LogP contribution is -2.38. The van der Waals surface area contributed by atoms with Crippen molar-refractivity contribution in [3.8, 4) is 0 Å². The van der Waals surface area contributed by atoms with Crippen molar-refractivity contribution in [3.63, 3.8) is 0 Å². The van der Waals surface area contributed by atoms with E-state index in [9.17, 15) is 14.0 Å². The van der Waals surface area contributed by atoms with Crippen molar-refractivity contribution in [1.82, 2.24) is 16.0 Å². The number of carbonyl (C=O) groups is 2. The zero-order chi connectivity index (χ0) is 15.9. The molecule has 1 aliphatic heterocycles. The molecule has 8 heteroatoms. The van der Waals surface area contributed by atoms with Gasteiger partial charge in [-0.05, 0) is 53.5 Å². The Morgan fingerprint density at radius 3 is 2.83 bits per heavy atom. The molecule has 5 nitrogen and oxygen atoms in total. The summed E-state index contributed by atoms with van der Waals surface area (Å²) in [7, 11) is 0. The molecule has 0 aromatic heterocycles. The molecule has 0 saturated carbocycles. The molecule has 0 bridgehead atoms. The third kappa shape index (κ3) is 6.45. The largest absolute Gasteiger partial charge is 0.354 e. The molecule has 1 unspecified atom stereocenters. The molecule has 0 spiro atoms. The molecule has 23 heavy (non-hydrogen) atoms. The first-order chi connectivity index (χ1) is 10.6. The minimum Gasteiger partial charge on any atom is -0.354 e. The summed E-state index contributed by atoms with van der Waals surface area (Å²) in [6, 6.07) is 4.25. The minimum absolute atomic E-state index is 0. The number of rotatable bonds is 6. The van der Waals surface area contributed by atoms with E-state index in [1.54, 1.807) is 0 Å². The second-order valence-electron chi connectivity index (χ2n) is 5.23. The van der Waals surface area contributed by atoms with Crippen molar-refractivity contribution in [2.45, 2.75) is 25.3 Å². The Labute approximate surface area is 149 Å². The average molecular weight is 409 g/mol. The number of hydrogen-bond donors (Lipinski definition) is 3. The van der Waals surface area contributed by atoms with Gasteiger partial charge in [-0.25, -0.2) is 4.39 Å². The third-order valence-corrected chi connectivity index (χ3v) is 4.21. The fourth-order valence-corrected chi connectivity index (χ4v) is 2.74. The standard InChI is InChI=1S/C15H19BrFN3O2.ClH/c16-13-4-3-10(17)8-12(13)15(22)19-7-5-14(21)20-9-11-2-1-6-18-11;/h3-4,8,11,18H,1-2,5-7,9H2,(H,19,22)(H,20,21);1H. The van der Waals surface area contributed by atoms with Crippen LogP contribution in [-0.4, -0.2) is 37.5 Å². The lowest BCUT2D eigenvalue weighted by Gasteiger charge is -2.12. The fraction of sp³-hybridized carbons (Fsp3) is 0.467. The van der Waals surface area contributed by atoms with Gasteiger partial charge in [-0.2, -0.15) is 0 Å². The summed E-state index contributed by atoms with van der Waals surface area (Å²) in [5, 5.41) is 8.74. The monoisotopic (exact) mass is 407 g/mol. The van der Waals surface area contributed by atoms with Crippen molar-refractivity contribution in [2.24, 2.45) is 0 Å². The number of benzene rings is 1. The summed E-state index contributed by atoms with van der Waals surface area (Å²) in [6.07, 6.45) is 2.41. The van der Waals surface area contributed by atoms with Crippen LogP contribution in [0.15, 0.2) is 22.7 Å². The molecule has 1 heterocycles. The van der Waals surface area contributed by atoms with Gasteiger partial charge in [0, 0.05) is 30.0 Å². The smallest absolute Gasteiger partial charge is 0.252 e. The van der Waals surface area contributed by atoms with E-state index in [4.69, 9.17) is 0 Å². The highest BCUT2D eigenvalue weighted by Gasteiger charge is 2.15. The number of amides is 2. The molecule has 2 amide bonds. The Morgan fingerprint density at radius 2 is 2.13 bits per heavy atom. The van der Waals surface area contributed by atoms with E-state index >= 15 is 0 Å². The third-order valence-electron chi connectivity index (χ3n) is 3.52. The first-order valence-electron chi connectivity index (χ1n) is 7.29. The van der Waals surface area contributed by atoms with Gasteiger partial charge in [0.15, 0.2) is 0 Å². The van der Waals surface area contributed by atoms with Crippen LogP contribution in [0.3, 0.4) is 0 Å². The van der Waals surface area contributed by atoms with Gasteiger partial charge in [0.1, 0.15) is 5.82 Å². The van der Waals surface area contributed by atoms with Crippen LogP contribution in [0.4, 0.5) is 4.39 Å². The van der Waals surface area contributed by atoms with Crippen molar-refractivity contribution >= 4 is 40.2 Å². The van der Waals surface area contributed by atoms with Crippen LogP contribution in [0.1, 0.15) is 29.6 Å². The average Bonchev–Trinajstić information content (AvgIpc) is 3.01. The summed E-state index contributed by atoms with van der Waals surface area (Å²) in [5.74, 6) is -0.987.